The van der Waals surface area contributed by atoms with E-state index in [2.05, 4.69) is 11.9 Å². The lowest BCUT2D eigenvalue weighted by molar-refractivity contribution is -0.0749. The van der Waals surface area contributed by atoms with Gasteiger partial charge in [-0.3, -0.25) is 0 Å². The highest BCUT2D eigenvalue weighted by Crippen LogP contribution is 2.41. The van der Waals surface area contributed by atoms with E-state index in [9.17, 15) is 0 Å². The van der Waals surface area contributed by atoms with Crippen molar-refractivity contribution >= 4 is 0 Å². The van der Waals surface area contributed by atoms with Crippen molar-refractivity contribution in [1.82, 2.24) is 4.90 Å². The summed E-state index contributed by atoms with van der Waals surface area (Å²) >= 11 is 0. The zero-order chi connectivity index (χ0) is 8.55. The molecular formula is C9H17NO2. The SMILES string of the molecule is CN1CC2CC(OCCO)C2C1. The predicted molar refractivity (Wildman–Crippen MR) is 45.9 cm³/mol. The number of likely N-dealkylation sites (tertiary alicyclic amines) is 1. The lowest BCUT2D eigenvalue weighted by atomic mass is 9.73. The average Bonchev–Trinajstić information content (AvgIpc) is 2.31. The molecule has 0 bridgehead atoms. The summed E-state index contributed by atoms with van der Waals surface area (Å²) in [7, 11) is 2.17. The first-order valence-electron chi connectivity index (χ1n) is 4.72. The first kappa shape index (κ1) is 8.48. The van der Waals surface area contributed by atoms with Crippen molar-refractivity contribution in [3.63, 3.8) is 0 Å². The number of aliphatic hydroxyl groups excluding tert-OH is 1. The number of fused-ring (bicyclic) bond motifs is 1. The zero-order valence-corrected chi connectivity index (χ0v) is 7.57. The maximum absolute atomic E-state index is 8.59. The number of nitrogens with zero attached hydrogens (tertiary/aromatic N) is 1. The van der Waals surface area contributed by atoms with E-state index in [4.69, 9.17) is 9.84 Å². The van der Waals surface area contributed by atoms with Gasteiger partial charge >= 0.3 is 0 Å². The van der Waals surface area contributed by atoms with Crippen LogP contribution in [0.25, 0.3) is 0 Å². The second kappa shape index (κ2) is 3.32. The van der Waals surface area contributed by atoms with Gasteiger partial charge in [0.15, 0.2) is 0 Å². The molecule has 0 radical (unpaired) electrons. The van der Waals surface area contributed by atoms with E-state index >= 15 is 0 Å². The molecule has 2 fully saturated rings. The molecule has 1 N–H and O–H groups in total. The van der Waals surface area contributed by atoms with Crippen molar-refractivity contribution in [3.05, 3.63) is 0 Å². The highest BCUT2D eigenvalue weighted by atomic mass is 16.5. The van der Waals surface area contributed by atoms with Gasteiger partial charge in [-0.05, 0) is 19.4 Å². The molecule has 2 aliphatic rings. The molecular weight excluding hydrogens is 154 g/mol. The van der Waals surface area contributed by atoms with E-state index in [-0.39, 0.29) is 6.61 Å². The predicted octanol–water partition coefficient (Wildman–Crippen LogP) is -0.0546. The van der Waals surface area contributed by atoms with Crippen LogP contribution in [-0.4, -0.2) is 49.5 Å². The third-order valence-electron chi connectivity index (χ3n) is 3.11. The molecule has 1 aliphatic carbocycles. The number of aliphatic hydroxyl groups is 1. The van der Waals surface area contributed by atoms with Crippen molar-refractivity contribution in [2.75, 3.05) is 33.4 Å². The highest BCUT2D eigenvalue weighted by Gasteiger charge is 2.46. The molecule has 0 aromatic heterocycles. The van der Waals surface area contributed by atoms with Crippen molar-refractivity contribution in [3.8, 4) is 0 Å². The fraction of sp³-hybridized carbons (Fsp3) is 1.00. The van der Waals surface area contributed by atoms with Gasteiger partial charge in [-0.15, -0.1) is 0 Å². The summed E-state index contributed by atoms with van der Waals surface area (Å²) in [4.78, 5) is 2.37. The van der Waals surface area contributed by atoms with E-state index in [1.165, 1.54) is 19.5 Å². The fourth-order valence-corrected chi connectivity index (χ4v) is 2.46. The van der Waals surface area contributed by atoms with Gasteiger partial charge < -0.3 is 14.7 Å². The molecule has 3 atom stereocenters. The molecule has 3 nitrogen and oxygen atoms in total. The maximum atomic E-state index is 8.59. The first-order valence-corrected chi connectivity index (χ1v) is 4.72. The van der Waals surface area contributed by atoms with Gasteiger partial charge in [0.2, 0.25) is 0 Å². The van der Waals surface area contributed by atoms with E-state index in [1.807, 2.05) is 0 Å². The summed E-state index contributed by atoms with van der Waals surface area (Å²) in [6, 6.07) is 0. The minimum absolute atomic E-state index is 0.156. The zero-order valence-electron chi connectivity index (χ0n) is 7.57. The number of hydrogen-bond donors (Lipinski definition) is 1. The Bertz CT molecular complexity index is 161. The molecule has 3 heteroatoms. The quantitative estimate of drug-likeness (QED) is 0.646. The summed E-state index contributed by atoms with van der Waals surface area (Å²) in [6.07, 6.45) is 1.64. The third-order valence-corrected chi connectivity index (χ3v) is 3.11. The summed E-state index contributed by atoms with van der Waals surface area (Å²) < 4.78 is 5.51. The Kier molecular flexibility index (Phi) is 2.35. The average molecular weight is 171 g/mol. The van der Waals surface area contributed by atoms with E-state index in [0.717, 1.165) is 11.8 Å². The molecule has 1 heterocycles. The third kappa shape index (κ3) is 1.37. The van der Waals surface area contributed by atoms with Crippen molar-refractivity contribution in [1.29, 1.82) is 0 Å². The van der Waals surface area contributed by atoms with Crippen LogP contribution in [0.1, 0.15) is 6.42 Å². The summed E-state index contributed by atoms with van der Waals surface area (Å²) in [6.45, 7) is 3.09. The Morgan fingerprint density at radius 3 is 3.00 bits per heavy atom. The fourth-order valence-electron chi connectivity index (χ4n) is 2.46. The molecule has 0 spiro atoms. The van der Waals surface area contributed by atoms with Crippen LogP contribution in [0.5, 0.6) is 0 Å². The highest BCUT2D eigenvalue weighted by molar-refractivity contribution is 4.97. The van der Waals surface area contributed by atoms with Gasteiger partial charge in [0.05, 0.1) is 19.3 Å². The first-order chi connectivity index (χ1) is 5.81. The van der Waals surface area contributed by atoms with E-state index < -0.39 is 0 Å². The molecule has 2 rings (SSSR count). The Balaban J connectivity index is 1.76. The van der Waals surface area contributed by atoms with Gasteiger partial charge in [0.1, 0.15) is 0 Å². The molecule has 12 heavy (non-hydrogen) atoms. The molecule has 1 aliphatic heterocycles. The van der Waals surface area contributed by atoms with Crippen LogP contribution in [0.4, 0.5) is 0 Å². The van der Waals surface area contributed by atoms with Crippen LogP contribution in [0.3, 0.4) is 0 Å². The van der Waals surface area contributed by atoms with Crippen molar-refractivity contribution in [2.24, 2.45) is 11.8 Å². The minimum Gasteiger partial charge on any atom is -0.394 e. The Hall–Kier alpha value is -0.120. The maximum Gasteiger partial charge on any atom is 0.0701 e. The Morgan fingerprint density at radius 1 is 1.50 bits per heavy atom. The Morgan fingerprint density at radius 2 is 2.33 bits per heavy atom. The van der Waals surface area contributed by atoms with Gasteiger partial charge in [-0.2, -0.15) is 0 Å². The number of hydrogen-bond acceptors (Lipinski definition) is 3. The molecule has 0 aromatic carbocycles. The van der Waals surface area contributed by atoms with E-state index in [1.54, 1.807) is 0 Å². The van der Waals surface area contributed by atoms with Crippen LogP contribution >= 0.6 is 0 Å². The molecule has 3 unspecified atom stereocenters. The minimum atomic E-state index is 0.156. The standard InChI is InChI=1S/C9H17NO2/c1-10-5-7-4-9(8(7)6-10)12-3-2-11/h7-9,11H,2-6H2,1H3. The van der Waals surface area contributed by atoms with Crippen molar-refractivity contribution < 1.29 is 9.84 Å². The largest absolute Gasteiger partial charge is 0.394 e. The second-order valence-electron chi connectivity index (χ2n) is 4.01. The van der Waals surface area contributed by atoms with Crippen LogP contribution in [0, 0.1) is 11.8 Å². The molecule has 0 amide bonds. The molecule has 1 saturated carbocycles. The van der Waals surface area contributed by atoms with Gasteiger partial charge in [-0.1, -0.05) is 0 Å². The number of rotatable bonds is 3. The topological polar surface area (TPSA) is 32.7 Å². The van der Waals surface area contributed by atoms with Gasteiger partial charge in [-0.25, -0.2) is 0 Å². The summed E-state index contributed by atoms with van der Waals surface area (Å²) in [5.41, 5.74) is 0. The smallest absolute Gasteiger partial charge is 0.0701 e. The van der Waals surface area contributed by atoms with Gasteiger partial charge in [0, 0.05) is 19.0 Å². The molecule has 70 valence electrons. The lowest BCUT2D eigenvalue weighted by Crippen LogP contribution is -2.42. The number of ether oxygens (including phenoxy) is 1. The van der Waals surface area contributed by atoms with Crippen LogP contribution < -0.4 is 0 Å². The summed E-state index contributed by atoms with van der Waals surface area (Å²) in [5.74, 6) is 1.63. The monoisotopic (exact) mass is 171 g/mol. The Labute approximate surface area is 73.3 Å². The molecule has 0 aromatic rings. The summed E-state index contributed by atoms with van der Waals surface area (Å²) in [5, 5.41) is 8.59. The normalized spacial score (nSPS) is 41.0. The molecule has 1 saturated heterocycles. The van der Waals surface area contributed by atoms with Crippen LogP contribution in [-0.2, 0) is 4.74 Å². The van der Waals surface area contributed by atoms with Crippen LogP contribution in [0.2, 0.25) is 0 Å². The second-order valence-corrected chi connectivity index (χ2v) is 4.01. The lowest BCUT2D eigenvalue weighted by Gasteiger charge is -2.39. The van der Waals surface area contributed by atoms with Crippen LogP contribution in [0.15, 0.2) is 0 Å². The van der Waals surface area contributed by atoms with Gasteiger partial charge in [0.25, 0.3) is 0 Å². The van der Waals surface area contributed by atoms with Crippen molar-refractivity contribution in [2.45, 2.75) is 12.5 Å². The van der Waals surface area contributed by atoms with E-state index in [0.29, 0.717) is 12.7 Å².